The summed E-state index contributed by atoms with van der Waals surface area (Å²) in [5.74, 6) is -1.92. The molecule has 2 heterocycles. The Balaban J connectivity index is 1.62. The van der Waals surface area contributed by atoms with Crippen molar-refractivity contribution in [3.63, 3.8) is 0 Å². The van der Waals surface area contributed by atoms with Crippen LogP contribution < -0.4 is 4.80 Å². The highest BCUT2D eigenvalue weighted by Crippen LogP contribution is 2.25. The maximum atomic E-state index is 13.6. The molecular formula is C22H21F2N3O3S2. The first-order valence-electron chi connectivity index (χ1n) is 10.0. The lowest BCUT2D eigenvalue weighted by Gasteiger charge is -2.30. The van der Waals surface area contributed by atoms with E-state index in [1.54, 1.807) is 16.7 Å². The molecule has 1 aromatic heterocycles. The van der Waals surface area contributed by atoms with Gasteiger partial charge in [0.25, 0.3) is 5.91 Å². The van der Waals surface area contributed by atoms with Gasteiger partial charge in [-0.3, -0.25) is 4.79 Å². The summed E-state index contributed by atoms with van der Waals surface area (Å²) >= 11 is 1.20. The van der Waals surface area contributed by atoms with Crippen LogP contribution in [0.2, 0.25) is 0 Å². The molecule has 10 heteroatoms. The third-order valence-electron chi connectivity index (χ3n) is 5.35. The zero-order valence-electron chi connectivity index (χ0n) is 17.1. The third kappa shape index (κ3) is 4.43. The number of allylic oxidation sites excluding steroid dienone is 1. The average molecular weight is 478 g/mol. The van der Waals surface area contributed by atoms with E-state index in [0.29, 0.717) is 28.9 Å². The van der Waals surface area contributed by atoms with Gasteiger partial charge in [-0.05, 0) is 55.3 Å². The Morgan fingerprint density at radius 3 is 2.62 bits per heavy atom. The number of halogens is 2. The van der Waals surface area contributed by atoms with Crippen LogP contribution in [-0.2, 0) is 21.4 Å². The molecule has 2 aromatic carbocycles. The zero-order chi connectivity index (χ0) is 22.9. The van der Waals surface area contributed by atoms with Crippen molar-refractivity contribution in [3.05, 3.63) is 71.6 Å². The predicted octanol–water partition coefficient (Wildman–Crippen LogP) is 3.70. The number of fused-ring (bicyclic) bond motifs is 1. The number of benzene rings is 2. The fourth-order valence-electron chi connectivity index (χ4n) is 3.74. The molecular weight excluding hydrogens is 456 g/mol. The van der Waals surface area contributed by atoms with Crippen LogP contribution in [0.4, 0.5) is 8.78 Å². The lowest BCUT2D eigenvalue weighted by molar-refractivity contribution is -0.122. The monoisotopic (exact) mass is 477 g/mol. The van der Waals surface area contributed by atoms with Gasteiger partial charge in [-0.2, -0.15) is 9.30 Å². The highest BCUT2D eigenvalue weighted by atomic mass is 32.2. The minimum Gasteiger partial charge on any atom is -0.313 e. The Bertz CT molecular complexity index is 1340. The SMILES string of the molecule is C=CCn1c(=NC(=O)C2CCCN(S(=O)(=O)c3ccc(F)cc3)C2)sc2cc(F)ccc21. The summed E-state index contributed by atoms with van der Waals surface area (Å²) in [5, 5.41) is 0. The minimum absolute atomic E-state index is 0.00300. The lowest BCUT2D eigenvalue weighted by atomic mass is 9.99. The normalized spacial score (nSPS) is 18.2. The summed E-state index contributed by atoms with van der Waals surface area (Å²) in [6.07, 6.45) is 2.69. The van der Waals surface area contributed by atoms with Gasteiger partial charge in [0.15, 0.2) is 4.80 Å². The Morgan fingerprint density at radius 2 is 1.91 bits per heavy atom. The molecule has 1 unspecified atom stereocenters. The van der Waals surface area contributed by atoms with Gasteiger partial charge >= 0.3 is 0 Å². The van der Waals surface area contributed by atoms with Crippen molar-refractivity contribution in [1.82, 2.24) is 8.87 Å². The molecule has 1 aliphatic rings. The van der Waals surface area contributed by atoms with E-state index in [1.165, 1.54) is 39.9 Å². The summed E-state index contributed by atoms with van der Waals surface area (Å²) < 4.78 is 56.4. The van der Waals surface area contributed by atoms with Gasteiger partial charge in [0, 0.05) is 19.6 Å². The highest BCUT2D eigenvalue weighted by molar-refractivity contribution is 7.89. The number of amides is 1. The highest BCUT2D eigenvalue weighted by Gasteiger charge is 2.33. The van der Waals surface area contributed by atoms with E-state index in [1.807, 2.05) is 0 Å². The Hall–Kier alpha value is -2.69. The number of rotatable bonds is 5. The third-order valence-corrected chi connectivity index (χ3v) is 8.27. The number of sulfonamides is 1. The van der Waals surface area contributed by atoms with Crippen LogP contribution in [-0.4, -0.2) is 36.3 Å². The van der Waals surface area contributed by atoms with Crippen molar-refractivity contribution < 1.29 is 22.0 Å². The fourth-order valence-corrected chi connectivity index (χ4v) is 6.33. The van der Waals surface area contributed by atoms with E-state index >= 15 is 0 Å². The molecule has 1 aliphatic heterocycles. The van der Waals surface area contributed by atoms with Crippen LogP contribution >= 0.6 is 11.3 Å². The minimum atomic E-state index is -3.84. The summed E-state index contributed by atoms with van der Waals surface area (Å²) in [7, 11) is -3.84. The number of hydrogen-bond acceptors (Lipinski definition) is 4. The predicted molar refractivity (Wildman–Crippen MR) is 118 cm³/mol. The summed E-state index contributed by atoms with van der Waals surface area (Å²) in [6, 6.07) is 8.99. The Labute approximate surface area is 188 Å². The summed E-state index contributed by atoms with van der Waals surface area (Å²) in [5.41, 5.74) is 0.743. The van der Waals surface area contributed by atoms with Gasteiger partial charge in [0.2, 0.25) is 10.0 Å². The van der Waals surface area contributed by atoms with Crippen molar-refractivity contribution in [2.45, 2.75) is 24.3 Å². The van der Waals surface area contributed by atoms with Gasteiger partial charge in [-0.1, -0.05) is 17.4 Å². The van der Waals surface area contributed by atoms with E-state index in [-0.39, 0.29) is 23.8 Å². The molecule has 1 amide bonds. The second-order valence-corrected chi connectivity index (χ2v) is 10.4. The van der Waals surface area contributed by atoms with E-state index in [2.05, 4.69) is 11.6 Å². The number of carbonyl (C=O) groups is 1. The van der Waals surface area contributed by atoms with Crippen LogP contribution in [0.25, 0.3) is 10.2 Å². The summed E-state index contributed by atoms with van der Waals surface area (Å²) in [4.78, 5) is 17.6. The van der Waals surface area contributed by atoms with Crippen molar-refractivity contribution in [1.29, 1.82) is 0 Å². The molecule has 1 atom stereocenters. The topological polar surface area (TPSA) is 71.7 Å². The smallest absolute Gasteiger partial charge is 0.252 e. The lowest BCUT2D eigenvalue weighted by Crippen LogP contribution is -2.42. The molecule has 1 fully saturated rings. The molecule has 0 saturated carbocycles. The van der Waals surface area contributed by atoms with Crippen LogP contribution in [0.5, 0.6) is 0 Å². The molecule has 168 valence electrons. The molecule has 3 aromatic rings. The maximum absolute atomic E-state index is 13.6. The number of hydrogen-bond donors (Lipinski definition) is 0. The van der Waals surface area contributed by atoms with Gasteiger partial charge in [-0.25, -0.2) is 17.2 Å². The van der Waals surface area contributed by atoms with Crippen molar-refractivity contribution in [3.8, 4) is 0 Å². The molecule has 0 radical (unpaired) electrons. The van der Waals surface area contributed by atoms with Gasteiger partial charge < -0.3 is 4.57 Å². The van der Waals surface area contributed by atoms with Crippen LogP contribution in [0.1, 0.15) is 12.8 Å². The van der Waals surface area contributed by atoms with E-state index in [0.717, 1.165) is 17.6 Å². The maximum Gasteiger partial charge on any atom is 0.252 e. The van der Waals surface area contributed by atoms with Crippen LogP contribution in [0, 0.1) is 17.6 Å². The van der Waals surface area contributed by atoms with Crippen molar-refractivity contribution in [2.75, 3.05) is 13.1 Å². The first-order valence-corrected chi connectivity index (χ1v) is 12.3. The first-order chi connectivity index (χ1) is 15.3. The first kappa shape index (κ1) is 22.5. The molecule has 0 spiro atoms. The molecule has 0 N–H and O–H groups in total. The standard InChI is InChI=1S/C22H21F2N3O3S2/c1-2-11-27-19-10-7-17(24)13-20(19)31-22(27)25-21(28)15-4-3-12-26(14-15)32(29,30)18-8-5-16(23)6-9-18/h2,5-10,13,15H,1,3-4,11-12,14H2. The van der Waals surface area contributed by atoms with Crippen LogP contribution in [0.3, 0.4) is 0 Å². The molecule has 32 heavy (non-hydrogen) atoms. The van der Waals surface area contributed by atoms with Gasteiger partial charge in [0.05, 0.1) is 21.0 Å². The van der Waals surface area contributed by atoms with E-state index in [9.17, 15) is 22.0 Å². The van der Waals surface area contributed by atoms with Crippen LogP contribution in [0.15, 0.2) is 65.0 Å². The molecule has 1 saturated heterocycles. The molecule has 0 aliphatic carbocycles. The fraction of sp³-hybridized carbons (Fsp3) is 0.273. The molecule has 6 nitrogen and oxygen atoms in total. The Kier molecular flexibility index (Phi) is 6.36. The molecule has 4 rings (SSSR count). The van der Waals surface area contributed by atoms with Crippen molar-refractivity contribution >= 4 is 37.5 Å². The second-order valence-electron chi connectivity index (χ2n) is 7.50. The summed E-state index contributed by atoms with van der Waals surface area (Å²) in [6.45, 7) is 4.41. The van der Waals surface area contributed by atoms with Gasteiger partial charge in [0.1, 0.15) is 11.6 Å². The number of carbonyl (C=O) groups excluding carboxylic acids is 1. The zero-order valence-corrected chi connectivity index (χ0v) is 18.7. The Morgan fingerprint density at radius 1 is 1.19 bits per heavy atom. The largest absolute Gasteiger partial charge is 0.313 e. The number of piperidine rings is 1. The second kappa shape index (κ2) is 9.05. The average Bonchev–Trinajstić information content (AvgIpc) is 3.10. The quantitative estimate of drug-likeness (QED) is 0.526. The van der Waals surface area contributed by atoms with E-state index in [4.69, 9.17) is 0 Å². The van der Waals surface area contributed by atoms with E-state index < -0.39 is 27.7 Å². The molecule has 0 bridgehead atoms. The number of aromatic nitrogens is 1. The number of nitrogens with zero attached hydrogens (tertiary/aromatic N) is 3. The number of thiazole rings is 1. The van der Waals surface area contributed by atoms with Gasteiger partial charge in [-0.15, -0.1) is 6.58 Å². The van der Waals surface area contributed by atoms with Crippen molar-refractivity contribution in [2.24, 2.45) is 10.9 Å².